The number of amides is 1. The highest BCUT2D eigenvalue weighted by Gasteiger charge is 2.67. The number of nitrogens with zero attached hydrogens (tertiary/aromatic N) is 1. The van der Waals surface area contributed by atoms with E-state index in [1.54, 1.807) is 4.90 Å². The predicted octanol–water partition coefficient (Wildman–Crippen LogP) is 1.45. The fourth-order valence-electron chi connectivity index (χ4n) is 3.85. The first-order valence-electron chi connectivity index (χ1n) is 7.39. The molecule has 0 aromatic heterocycles. The van der Waals surface area contributed by atoms with E-state index in [1.165, 1.54) is 7.11 Å². The molecule has 3 aliphatic rings. The van der Waals surface area contributed by atoms with Gasteiger partial charge in [-0.1, -0.05) is 29.8 Å². The number of rotatable bonds is 2. The molecule has 0 saturated carbocycles. The van der Waals surface area contributed by atoms with Gasteiger partial charge in [-0.25, -0.2) is 0 Å². The molecule has 5 nitrogen and oxygen atoms in total. The molecule has 3 aliphatic heterocycles. The van der Waals surface area contributed by atoms with Gasteiger partial charge in [0, 0.05) is 5.69 Å². The summed E-state index contributed by atoms with van der Waals surface area (Å²) in [5.74, 6) is -1.47. The van der Waals surface area contributed by atoms with Crippen LogP contribution in [-0.2, 0) is 19.1 Å². The summed E-state index contributed by atoms with van der Waals surface area (Å²) in [6.45, 7) is 2.45. The van der Waals surface area contributed by atoms with Crippen molar-refractivity contribution < 1.29 is 19.1 Å². The van der Waals surface area contributed by atoms with Crippen LogP contribution in [0.3, 0.4) is 0 Å². The number of carbonyl (C=O) groups excluding carboxylic acids is 2. The Balaban J connectivity index is 1.71. The molecule has 114 valence electrons. The fraction of sp³-hybridized carbons (Fsp3) is 0.412. The van der Waals surface area contributed by atoms with Crippen molar-refractivity contribution in [3.63, 3.8) is 0 Å². The van der Waals surface area contributed by atoms with Crippen molar-refractivity contribution in [3.8, 4) is 0 Å². The number of hydrogen-bond acceptors (Lipinski definition) is 4. The van der Waals surface area contributed by atoms with Gasteiger partial charge in [0.1, 0.15) is 11.5 Å². The van der Waals surface area contributed by atoms with Crippen LogP contribution in [0.1, 0.15) is 5.56 Å². The van der Waals surface area contributed by atoms with E-state index in [0.717, 1.165) is 11.3 Å². The third kappa shape index (κ3) is 1.63. The van der Waals surface area contributed by atoms with E-state index in [9.17, 15) is 9.59 Å². The van der Waals surface area contributed by atoms with E-state index in [0.29, 0.717) is 6.54 Å². The maximum atomic E-state index is 12.9. The molecule has 22 heavy (non-hydrogen) atoms. The smallest absolute Gasteiger partial charge is 0.312 e. The van der Waals surface area contributed by atoms with Gasteiger partial charge in [-0.3, -0.25) is 9.59 Å². The molecule has 5 heteroatoms. The third-order valence-electron chi connectivity index (χ3n) is 4.92. The van der Waals surface area contributed by atoms with Gasteiger partial charge in [-0.2, -0.15) is 0 Å². The Morgan fingerprint density at radius 3 is 2.77 bits per heavy atom. The van der Waals surface area contributed by atoms with Crippen LogP contribution in [0.15, 0.2) is 36.4 Å². The number of methoxy groups -OCH3 is 1. The van der Waals surface area contributed by atoms with Crippen LogP contribution >= 0.6 is 0 Å². The van der Waals surface area contributed by atoms with Gasteiger partial charge >= 0.3 is 5.97 Å². The Kier molecular flexibility index (Phi) is 2.72. The SMILES string of the molecule is COC(=O)[C@@H]1[C@@H]2C=C[C@@]3(CN(c4ccc(C)cc4)C(=O)[C@H]13)O2. The number of ether oxygens (including phenoxy) is 2. The van der Waals surface area contributed by atoms with Crippen LogP contribution in [0.5, 0.6) is 0 Å². The highest BCUT2D eigenvalue weighted by molar-refractivity contribution is 6.02. The fourth-order valence-corrected chi connectivity index (χ4v) is 3.85. The minimum Gasteiger partial charge on any atom is -0.469 e. The van der Waals surface area contributed by atoms with Crippen LogP contribution in [0, 0.1) is 18.8 Å². The average Bonchev–Trinajstić information content (AvgIpc) is 3.16. The van der Waals surface area contributed by atoms with Crippen molar-refractivity contribution in [2.24, 2.45) is 11.8 Å². The first kappa shape index (κ1) is 13.5. The van der Waals surface area contributed by atoms with E-state index >= 15 is 0 Å². The molecule has 0 N–H and O–H groups in total. The van der Waals surface area contributed by atoms with Gasteiger partial charge in [0.25, 0.3) is 0 Å². The Morgan fingerprint density at radius 1 is 1.36 bits per heavy atom. The van der Waals surface area contributed by atoms with E-state index < -0.39 is 17.4 Å². The van der Waals surface area contributed by atoms with E-state index in [-0.39, 0.29) is 18.0 Å². The quantitative estimate of drug-likeness (QED) is 0.613. The van der Waals surface area contributed by atoms with Gasteiger partial charge in [-0.15, -0.1) is 0 Å². The van der Waals surface area contributed by atoms with Gasteiger partial charge in [0.2, 0.25) is 5.91 Å². The van der Waals surface area contributed by atoms with Gasteiger partial charge in [0.05, 0.1) is 25.7 Å². The molecule has 4 rings (SSSR count). The summed E-state index contributed by atoms with van der Waals surface area (Å²) < 4.78 is 10.9. The minimum absolute atomic E-state index is 0.0638. The normalized spacial score (nSPS) is 35.1. The number of hydrogen-bond donors (Lipinski definition) is 0. The molecule has 2 bridgehead atoms. The summed E-state index contributed by atoms with van der Waals surface area (Å²) in [6.07, 6.45) is 3.47. The highest BCUT2D eigenvalue weighted by Crippen LogP contribution is 2.52. The number of benzene rings is 1. The zero-order valence-electron chi connectivity index (χ0n) is 12.5. The molecule has 3 heterocycles. The Labute approximate surface area is 128 Å². The third-order valence-corrected chi connectivity index (χ3v) is 4.92. The summed E-state index contributed by atoms with van der Waals surface area (Å²) >= 11 is 0. The minimum atomic E-state index is -0.689. The molecule has 1 spiro atoms. The highest BCUT2D eigenvalue weighted by atomic mass is 16.5. The number of aryl methyl sites for hydroxylation is 1. The van der Waals surface area contributed by atoms with Crippen LogP contribution < -0.4 is 4.90 Å². The second kappa shape index (κ2) is 4.43. The van der Waals surface area contributed by atoms with Crippen LogP contribution in [-0.4, -0.2) is 37.2 Å². The molecule has 0 radical (unpaired) electrons. The summed E-state index contributed by atoms with van der Waals surface area (Å²) in [4.78, 5) is 26.7. The Hall–Kier alpha value is -2.14. The standard InChI is InChI=1S/C17H17NO4/c1-10-3-5-11(6-4-10)18-9-17-8-7-12(22-17)13(16(20)21-2)14(17)15(18)19/h3-8,12-14H,9H2,1-2H3/t12-,13+,14-,17-/m0/s1. The lowest BCUT2D eigenvalue weighted by molar-refractivity contribution is -0.149. The van der Waals surface area contributed by atoms with Crippen molar-refractivity contribution in [1.82, 2.24) is 0 Å². The van der Waals surface area contributed by atoms with E-state index in [1.807, 2.05) is 43.3 Å². The Bertz CT molecular complexity index is 680. The topological polar surface area (TPSA) is 55.8 Å². The summed E-state index contributed by atoms with van der Waals surface area (Å²) in [5, 5.41) is 0. The first-order chi connectivity index (χ1) is 10.6. The monoisotopic (exact) mass is 299 g/mol. The predicted molar refractivity (Wildman–Crippen MR) is 79.3 cm³/mol. The van der Waals surface area contributed by atoms with Gasteiger partial charge < -0.3 is 14.4 Å². The second-order valence-corrected chi connectivity index (χ2v) is 6.18. The molecule has 2 saturated heterocycles. The van der Waals surface area contributed by atoms with Crippen molar-refractivity contribution in [2.75, 3.05) is 18.6 Å². The molecule has 0 aliphatic carbocycles. The molecule has 1 aromatic rings. The van der Waals surface area contributed by atoms with Crippen molar-refractivity contribution >= 4 is 17.6 Å². The maximum absolute atomic E-state index is 12.9. The molecule has 1 amide bonds. The maximum Gasteiger partial charge on any atom is 0.312 e. The van der Waals surface area contributed by atoms with Crippen LogP contribution in [0.2, 0.25) is 0 Å². The molecule has 4 atom stereocenters. The summed E-state index contributed by atoms with van der Waals surface area (Å²) in [5.41, 5.74) is 1.28. The van der Waals surface area contributed by atoms with Crippen molar-refractivity contribution in [3.05, 3.63) is 42.0 Å². The van der Waals surface area contributed by atoms with E-state index in [4.69, 9.17) is 9.47 Å². The molecular weight excluding hydrogens is 282 g/mol. The largest absolute Gasteiger partial charge is 0.469 e. The molecular formula is C17H17NO4. The number of esters is 1. The average molecular weight is 299 g/mol. The van der Waals surface area contributed by atoms with Crippen LogP contribution in [0.25, 0.3) is 0 Å². The summed E-state index contributed by atoms with van der Waals surface area (Å²) in [7, 11) is 1.35. The van der Waals surface area contributed by atoms with Crippen molar-refractivity contribution in [1.29, 1.82) is 0 Å². The second-order valence-electron chi connectivity index (χ2n) is 6.18. The lowest BCUT2D eigenvalue weighted by Gasteiger charge is -2.22. The zero-order valence-corrected chi connectivity index (χ0v) is 12.5. The Morgan fingerprint density at radius 2 is 2.09 bits per heavy atom. The van der Waals surface area contributed by atoms with E-state index in [2.05, 4.69) is 0 Å². The number of fused-ring (bicyclic) bond motifs is 1. The van der Waals surface area contributed by atoms with Gasteiger partial charge in [0.15, 0.2) is 0 Å². The van der Waals surface area contributed by atoms with Gasteiger partial charge in [-0.05, 0) is 19.1 Å². The number of anilines is 1. The van der Waals surface area contributed by atoms with Crippen LogP contribution in [0.4, 0.5) is 5.69 Å². The number of carbonyl (C=O) groups is 2. The lowest BCUT2D eigenvalue weighted by Crippen LogP contribution is -2.39. The first-order valence-corrected chi connectivity index (χ1v) is 7.39. The lowest BCUT2D eigenvalue weighted by atomic mass is 9.77. The molecule has 0 unspecified atom stereocenters. The zero-order chi connectivity index (χ0) is 15.5. The molecule has 1 aromatic carbocycles. The van der Waals surface area contributed by atoms with Crippen molar-refractivity contribution in [2.45, 2.75) is 18.6 Å². The summed E-state index contributed by atoms with van der Waals surface area (Å²) in [6, 6.07) is 7.79. The molecule has 2 fully saturated rings.